The molecule has 1 aromatic carbocycles. The van der Waals surface area contributed by atoms with Gasteiger partial charge in [-0.1, -0.05) is 12.1 Å². The zero-order valence-corrected chi connectivity index (χ0v) is 24.6. The molecular weight excluding hydrogens is 481 g/mol. The number of benzene rings is 1. The molecule has 0 unspecified atom stereocenters. The summed E-state index contributed by atoms with van der Waals surface area (Å²) in [5, 5.41) is 2.96. The average Bonchev–Trinajstić information content (AvgIpc) is 2.97. The van der Waals surface area contributed by atoms with E-state index in [1.807, 2.05) is 74.4 Å². The Morgan fingerprint density at radius 3 is 1.87 bits per heavy atom. The fourth-order valence-electron chi connectivity index (χ4n) is 6.29. The maximum absolute atomic E-state index is 13.6. The van der Waals surface area contributed by atoms with E-state index in [9.17, 15) is 14.4 Å². The van der Waals surface area contributed by atoms with E-state index in [1.165, 1.54) is 0 Å². The largest absolute Gasteiger partial charge is 0.494 e. The molecule has 208 valence electrons. The summed E-state index contributed by atoms with van der Waals surface area (Å²) in [6, 6.07) is 4.01. The molecule has 38 heavy (non-hydrogen) atoms. The molecule has 4 rings (SSSR count). The molecule has 1 amide bonds. The third kappa shape index (κ3) is 5.72. The summed E-state index contributed by atoms with van der Waals surface area (Å²) >= 11 is 0. The quantitative estimate of drug-likeness (QED) is 0.438. The van der Waals surface area contributed by atoms with Crippen LogP contribution in [-0.4, -0.2) is 47.6 Å². The van der Waals surface area contributed by atoms with Gasteiger partial charge in [0, 0.05) is 18.9 Å². The van der Waals surface area contributed by atoms with Crippen LogP contribution in [0.1, 0.15) is 110 Å². The molecule has 0 aromatic heterocycles. The van der Waals surface area contributed by atoms with Crippen molar-refractivity contribution in [2.75, 3.05) is 0 Å². The van der Waals surface area contributed by atoms with Crippen LogP contribution in [0.25, 0.3) is 0 Å². The number of ether oxygens (including phenoxy) is 1. The minimum atomic E-state index is -0.717. The Balaban J connectivity index is 1.44. The molecule has 1 aromatic rings. The maximum atomic E-state index is 13.6. The van der Waals surface area contributed by atoms with Gasteiger partial charge < -0.3 is 19.4 Å². The first kappa shape index (κ1) is 28.8. The van der Waals surface area contributed by atoms with Gasteiger partial charge in [0.2, 0.25) is 0 Å². The molecule has 1 saturated heterocycles. The van der Waals surface area contributed by atoms with Gasteiger partial charge >= 0.3 is 13.2 Å². The third-order valence-corrected chi connectivity index (χ3v) is 8.94. The van der Waals surface area contributed by atoms with Crippen molar-refractivity contribution in [2.24, 2.45) is 5.41 Å². The summed E-state index contributed by atoms with van der Waals surface area (Å²) in [5.74, 6) is -0.700. The van der Waals surface area contributed by atoms with E-state index in [4.69, 9.17) is 14.0 Å². The van der Waals surface area contributed by atoms with Crippen LogP contribution in [0.15, 0.2) is 12.1 Å². The fourth-order valence-corrected chi connectivity index (χ4v) is 6.29. The number of nitrogens with one attached hydrogen (secondary N) is 1. The lowest BCUT2D eigenvalue weighted by molar-refractivity contribution is -0.138. The van der Waals surface area contributed by atoms with Gasteiger partial charge in [0.1, 0.15) is 23.1 Å². The zero-order chi connectivity index (χ0) is 28.3. The zero-order valence-electron chi connectivity index (χ0n) is 24.6. The molecule has 2 saturated carbocycles. The number of carbonyl (C=O) groups is 3. The van der Waals surface area contributed by atoms with Crippen LogP contribution < -0.4 is 10.8 Å². The van der Waals surface area contributed by atoms with Gasteiger partial charge in [0.05, 0.1) is 11.2 Å². The molecule has 7 nitrogen and oxygen atoms in total. The third-order valence-electron chi connectivity index (χ3n) is 8.94. The molecule has 1 N–H and O–H groups in total. The molecule has 8 heteroatoms. The van der Waals surface area contributed by atoms with Crippen molar-refractivity contribution in [3.05, 3.63) is 28.8 Å². The van der Waals surface area contributed by atoms with E-state index in [1.54, 1.807) is 0 Å². The standard InChI is InChI=1S/C30H44BNO6/c1-18-14-20(31-37-28(6,7)29(8,9)38-31)15-19(2)24(18)25-22(33)16-30(17-23(25)34)12-10-21(11-13-30)32-26(35)36-27(3,4)5/h14-15,21,25H,10-13,16-17H2,1-9H3,(H,32,35). The Labute approximate surface area is 227 Å². The van der Waals surface area contributed by atoms with Crippen molar-refractivity contribution >= 4 is 30.2 Å². The van der Waals surface area contributed by atoms with E-state index >= 15 is 0 Å². The summed E-state index contributed by atoms with van der Waals surface area (Å²) in [7, 11) is -0.489. The van der Waals surface area contributed by atoms with Gasteiger partial charge in [-0.3, -0.25) is 9.59 Å². The van der Waals surface area contributed by atoms with Crippen molar-refractivity contribution in [2.45, 2.75) is 130 Å². The molecule has 0 radical (unpaired) electrons. The van der Waals surface area contributed by atoms with Crippen molar-refractivity contribution in [1.82, 2.24) is 5.32 Å². The Bertz CT molecular complexity index is 1070. The van der Waals surface area contributed by atoms with Gasteiger partial charge in [0.15, 0.2) is 0 Å². The summed E-state index contributed by atoms with van der Waals surface area (Å²) in [4.78, 5) is 39.3. The second kappa shape index (κ2) is 9.78. The van der Waals surface area contributed by atoms with Crippen LogP contribution in [-0.2, 0) is 23.6 Å². The molecule has 2 aliphatic carbocycles. The number of alkyl carbamates (subject to hydrolysis) is 1. The summed E-state index contributed by atoms with van der Waals surface area (Å²) in [6.45, 7) is 17.6. The molecule has 1 aliphatic heterocycles. The number of amides is 1. The van der Waals surface area contributed by atoms with Crippen molar-refractivity contribution in [1.29, 1.82) is 0 Å². The van der Waals surface area contributed by atoms with E-state index in [-0.39, 0.29) is 23.0 Å². The number of rotatable bonds is 3. The summed E-state index contributed by atoms with van der Waals surface area (Å²) < 4.78 is 17.8. The van der Waals surface area contributed by atoms with Crippen molar-refractivity contribution in [3.63, 3.8) is 0 Å². The lowest BCUT2D eigenvalue weighted by Crippen LogP contribution is -2.46. The maximum Gasteiger partial charge on any atom is 0.494 e. The smallest absolute Gasteiger partial charge is 0.444 e. The van der Waals surface area contributed by atoms with Crippen LogP contribution in [0.5, 0.6) is 0 Å². The molecule has 3 aliphatic rings. The Hall–Kier alpha value is -2.19. The molecule has 3 fully saturated rings. The first-order valence-electron chi connectivity index (χ1n) is 13.9. The number of carbonyl (C=O) groups excluding carboxylic acids is 3. The number of aryl methyl sites for hydroxylation is 2. The number of hydrogen-bond donors (Lipinski definition) is 1. The average molecular weight is 525 g/mol. The second-order valence-electron chi connectivity index (χ2n) is 13.8. The molecule has 1 heterocycles. The fraction of sp³-hybridized carbons (Fsp3) is 0.700. The highest BCUT2D eigenvalue weighted by molar-refractivity contribution is 6.62. The van der Waals surface area contributed by atoms with Gasteiger partial charge in [-0.25, -0.2) is 4.79 Å². The van der Waals surface area contributed by atoms with Crippen LogP contribution >= 0.6 is 0 Å². The highest BCUT2D eigenvalue weighted by Gasteiger charge is 2.52. The normalized spacial score (nSPS) is 29.0. The van der Waals surface area contributed by atoms with Gasteiger partial charge in [-0.15, -0.1) is 0 Å². The van der Waals surface area contributed by atoms with Crippen LogP contribution in [0, 0.1) is 19.3 Å². The lowest BCUT2D eigenvalue weighted by Gasteiger charge is -2.43. The van der Waals surface area contributed by atoms with Crippen LogP contribution in [0.3, 0.4) is 0 Å². The number of ketones is 2. The van der Waals surface area contributed by atoms with E-state index < -0.39 is 35.9 Å². The first-order valence-corrected chi connectivity index (χ1v) is 13.9. The summed E-state index contributed by atoms with van der Waals surface area (Å²) in [6.07, 6.45) is 3.37. The highest BCUT2D eigenvalue weighted by atomic mass is 16.7. The molecular formula is C30H44BNO6. The Morgan fingerprint density at radius 2 is 1.42 bits per heavy atom. The topological polar surface area (TPSA) is 90.9 Å². The summed E-state index contributed by atoms with van der Waals surface area (Å²) in [5.41, 5.74) is 1.84. The SMILES string of the molecule is Cc1cc(B2OC(C)(C)C(C)(C)O2)cc(C)c1C1C(=O)CC2(CCC(NC(=O)OC(C)(C)C)CC2)CC1=O. The molecule has 1 spiro atoms. The van der Waals surface area contributed by atoms with Gasteiger partial charge in [-0.05, 0) is 116 Å². The predicted octanol–water partition coefficient (Wildman–Crippen LogP) is 5.07. The number of hydrogen-bond acceptors (Lipinski definition) is 6. The minimum absolute atomic E-state index is 0.00501. The van der Waals surface area contributed by atoms with Gasteiger partial charge in [0.25, 0.3) is 0 Å². The first-order chi connectivity index (χ1) is 17.4. The lowest BCUT2D eigenvalue weighted by atomic mass is 9.60. The molecule has 0 bridgehead atoms. The second-order valence-corrected chi connectivity index (χ2v) is 13.8. The van der Waals surface area contributed by atoms with Crippen molar-refractivity contribution < 1.29 is 28.4 Å². The Kier molecular flexibility index (Phi) is 7.41. The van der Waals surface area contributed by atoms with E-state index in [0.29, 0.717) is 12.8 Å². The highest BCUT2D eigenvalue weighted by Crippen LogP contribution is 2.49. The van der Waals surface area contributed by atoms with Crippen LogP contribution in [0.4, 0.5) is 4.79 Å². The van der Waals surface area contributed by atoms with Gasteiger partial charge in [-0.2, -0.15) is 0 Å². The van der Waals surface area contributed by atoms with E-state index in [2.05, 4.69) is 5.32 Å². The van der Waals surface area contributed by atoms with Crippen molar-refractivity contribution in [3.8, 4) is 0 Å². The molecule has 0 atom stereocenters. The number of Topliss-reactive ketones (excluding diaryl/α,β-unsaturated/α-hetero) is 2. The monoisotopic (exact) mass is 525 g/mol. The van der Waals surface area contributed by atoms with E-state index in [0.717, 1.165) is 47.8 Å². The Morgan fingerprint density at radius 1 is 0.947 bits per heavy atom. The van der Waals surface area contributed by atoms with Crippen LogP contribution in [0.2, 0.25) is 0 Å². The predicted molar refractivity (Wildman–Crippen MR) is 148 cm³/mol. The minimum Gasteiger partial charge on any atom is -0.444 e.